The van der Waals surface area contributed by atoms with Crippen LogP contribution in [0.1, 0.15) is 45.2 Å². The van der Waals surface area contributed by atoms with Crippen molar-refractivity contribution in [3.63, 3.8) is 0 Å². The van der Waals surface area contributed by atoms with Crippen molar-refractivity contribution in [2.24, 2.45) is 13.0 Å². The summed E-state index contributed by atoms with van der Waals surface area (Å²) in [5.41, 5.74) is 1.46. The van der Waals surface area contributed by atoms with E-state index in [4.69, 9.17) is 23.2 Å². The summed E-state index contributed by atoms with van der Waals surface area (Å²) in [5.74, 6) is 0.157. The number of aromatic nitrogens is 1. The number of aryl methyl sites for hydroxylation is 1. The molecule has 9 heteroatoms. The number of anilines is 1. The van der Waals surface area contributed by atoms with Crippen molar-refractivity contribution >= 4 is 40.3 Å². The number of halogens is 2. The summed E-state index contributed by atoms with van der Waals surface area (Å²) in [6.45, 7) is 7.21. The molecule has 0 aliphatic carbocycles. The fraction of sp³-hybridized carbons (Fsp3) is 0.500. The van der Waals surface area contributed by atoms with E-state index in [1.165, 1.54) is 6.07 Å². The molecule has 1 aromatic heterocycles. The van der Waals surface area contributed by atoms with Crippen LogP contribution in [0.3, 0.4) is 0 Å². The lowest BCUT2D eigenvalue weighted by molar-refractivity contribution is 0.317. The number of hydrogen-bond acceptors (Lipinski definition) is 5. The molecule has 2 atom stereocenters. The highest BCUT2D eigenvalue weighted by atomic mass is 35.5. The van der Waals surface area contributed by atoms with Gasteiger partial charge in [0.25, 0.3) is 5.56 Å². The highest BCUT2D eigenvalue weighted by Gasteiger charge is 2.36. The van der Waals surface area contributed by atoms with Gasteiger partial charge in [0, 0.05) is 61.1 Å². The first-order valence-electron chi connectivity index (χ1n) is 10.2. The Balaban J connectivity index is 1.84. The Bertz CT molecular complexity index is 985. The van der Waals surface area contributed by atoms with Gasteiger partial charge in [0.05, 0.1) is 16.1 Å². The molecule has 1 fully saturated rings. The topological polar surface area (TPSA) is 80.6 Å². The zero-order chi connectivity index (χ0) is 22.9. The average molecular weight is 486 g/mol. The molecule has 3 rings (SSSR count). The molecule has 0 bridgehead atoms. The fourth-order valence-corrected chi connectivity index (χ4v) is 4.97. The molecule has 1 saturated heterocycles. The minimum absolute atomic E-state index is 0.0341. The molecule has 6 nitrogen and oxygen atoms in total. The van der Waals surface area contributed by atoms with Gasteiger partial charge < -0.3 is 19.1 Å². The van der Waals surface area contributed by atoms with Crippen LogP contribution < -0.4 is 15.2 Å². The summed E-state index contributed by atoms with van der Waals surface area (Å²) in [4.78, 5) is 14.2. The van der Waals surface area contributed by atoms with Crippen LogP contribution in [0.2, 0.25) is 10.0 Å². The number of nitrogens with zero attached hydrogens (tertiary/aromatic N) is 2. The second kappa shape index (κ2) is 9.63. The molecular formula is C22H29Cl2N3O3S. The lowest BCUT2D eigenvalue weighted by Gasteiger charge is -2.38. The Morgan fingerprint density at radius 2 is 1.81 bits per heavy atom. The van der Waals surface area contributed by atoms with Gasteiger partial charge in [-0.25, -0.2) is 0 Å². The van der Waals surface area contributed by atoms with Crippen molar-refractivity contribution in [2.45, 2.75) is 44.4 Å². The molecule has 1 unspecified atom stereocenters. The van der Waals surface area contributed by atoms with E-state index in [0.29, 0.717) is 10.6 Å². The van der Waals surface area contributed by atoms with Gasteiger partial charge in [0.1, 0.15) is 10.5 Å². The fourth-order valence-electron chi connectivity index (χ4n) is 3.73. The number of hydrogen-bond donors (Lipinski definition) is 2. The van der Waals surface area contributed by atoms with Crippen LogP contribution in [0.25, 0.3) is 0 Å². The molecule has 2 N–H and O–H groups in total. The van der Waals surface area contributed by atoms with Gasteiger partial charge in [-0.15, -0.1) is 4.72 Å². The van der Waals surface area contributed by atoms with Gasteiger partial charge in [-0.2, -0.15) is 0 Å². The zero-order valence-corrected chi connectivity index (χ0v) is 20.5. The third kappa shape index (κ3) is 5.71. The van der Waals surface area contributed by atoms with E-state index in [0.717, 1.165) is 31.6 Å². The van der Waals surface area contributed by atoms with Crippen LogP contribution in [0.5, 0.6) is 5.75 Å². The van der Waals surface area contributed by atoms with Crippen molar-refractivity contribution in [3.8, 4) is 5.75 Å². The summed E-state index contributed by atoms with van der Waals surface area (Å²) in [6, 6.07) is 6.33. The summed E-state index contributed by atoms with van der Waals surface area (Å²) in [5, 5.41) is 11.2. The number of rotatable bonds is 5. The molecule has 0 amide bonds. The monoisotopic (exact) mass is 485 g/mol. The van der Waals surface area contributed by atoms with Gasteiger partial charge in [0.2, 0.25) is 0 Å². The molecule has 0 spiro atoms. The van der Waals surface area contributed by atoms with Crippen molar-refractivity contribution in [3.05, 3.63) is 56.4 Å². The zero-order valence-electron chi connectivity index (χ0n) is 18.2. The summed E-state index contributed by atoms with van der Waals surface area (Å²) < 4.78 is 17.2. The normalized spacial score (nSPS) is 17.6. The lowest BCUT2D eigenvalue weighted by Crippen LogP contribution is -2.45. The van der Waals surface area contributed by atoms with Crippen LogP contribution >= 0.6 is 23.2 Å². The maximum absolute atomic E-state index is 12.9. The summed E-state index contributed by atoms with van der Waals surface area (Å²) >= 11 is 11.0. The SMILES string of the molecule is Cn1ccc(N2CCC([C@@H](N[S+]([O-])C(C)(C)C)c3cc(Cl)c(Cl)cc3O)CC2)cc1=O. The van der Waals surface area contributed by atoms with Crippen molar-refractivity contribution in [1.82, 2.24) is 9.29 Å². The number of phenolic OH excluding ortho intramolecular Hbond substituents is 1. The minimum Gasteiger partial charge on any atom is -0.598 e. The van der Waals surface area contributed by atoms with Crippen molar-refractivity contribution in [2.75, 3.05) is 18.0 Å². The highest BCUT2D eigenvalue weighted by Crippen LogP contribution is 2.40. The third-order valence-electron chi connectivity index (χ3n) is 5.66. The molecule has 31 heavy (non-hydrogen) atoms. The van der Waals surface area contributed by atoms with Crippen molar-refractivity contribution < 1.29 is 9.66 Å². The molecule has 2 heterocycles. The van der Waals surface area contributed by atoms with Gasteiger partial charge in [-0.3, -0.25) is 4.79 Å². The Labute approximate surface area is 196 Å². The lowest BCUT2D eigenvalue weighted by atomic mass is 9.85. The Morgan fingerprint density at radius 1 is 1.19 bits per heavy atom. The van der Waals surface area contributed by atoms with Crippen LogP contribution in [-0.4, -0.2) is 32.1 Å². The molecule has 2 aromatic rings. The van der Waals surface area contributed by atoms with Crippen LogP contribution in [-0.2, 0) is 18.4 Å². The Hall–Kier alpha value is -1.38. The quantitative estimate of drug-likeness (QED) is 0.613. The molecule has 170 valence electrons. The molecule has 1 aromatic carbocycles. The third-order valence-corrected chi connectivity index (χ3v) is 7.96. The number of nitrogens with one attached hydrogen (secondary N) is 1. The van der Waals surface area contributed by atoms with Gasteiger partial charge in [0.15, 0.2) is 0 Å². The average Bonchev–Trinajstić information content (AvgIpc) is 2.70. The van der Waals surface area contributed by atoms with E-state index in [9.17, 15) is 14.5 Å². The largest absolute Gasteiger partial charge is 0.598 e. The van der Waals surface area contributed by atoms with E-state index in [1.807, 2.05) is 26.8 Å². The van der Waals surface area contributed by atoms with Gasteiger partial charge >= 0.3 is 0 Å². The predicted molar refractivity (Wildman–Crippen MR) is 129 cm³/mol. The van der Waals surface area contributed by atoms with E-state index in [2.05, 4.69) is 9.62 Å². The predicted octanol–water partition coefficient (Wildman–Crippen LogP) is 4.41. The minimum atomic E-state index is -1.34. The number of phenols is 1. The summed E-state index contributed by atoms with van der Waals surface area (Å²) in [6.07, 6.45) is 3.37. The van der Waals surface area contributed by atoms with Crippen molar-refractivity contribution in [1.29, 1.82) is 0 Å². The Kier molecular flexibility index (Phi) is 7.54. The highest BCUT2D eigenvalue weighted by molar-refractivity contribution is 7.90. The molecule has 1 aliphatic rings. The first-order valence-corrected chi connectivity index (χ1v) is 12.2. The van der Waals surface area contributed by atoms with E-state index < -0.39 is 16.1 Å². The first-order chi connectivity index (χ1) is 14.5. The van der Waals surface area contributed by atoms with Gasteiger partial charge in [-0.1, -0.05) is 23.2 Å². The molecule has 1 aliphatic heterocycles. The maximum Gasteiger partial charge on any atom is 0.252 e. The van der Waals surface area contributed by atoms with E-state index >= 15 is 0 Å². The standard InChI is InChI=1S/C22H29Cl2N3O3S/c1-22(2,3)31(30)25-21(16-12-17(23)18(24)13-19(16)28)14-5-9-27(10-6-14)15-7-8-26(4)20(29)11-15/h7-8,11-14,21,25,28H,5-6,9-10H2,1-4H3/t21-,31?/m1/s1. The van der Waals surface area contributed by atoms with Crippen LogP contribution in [0.15, 0.2) is 35.3 Å². The molecular weight excluding hydrogens is 457 g/mol. The van der Waals surface area contributed by atoms with Gasteiger partial charge in [-0.05, 0) is 51.7 Å². The molecule has 0 saturated carbocycles. The number of pyridine rings is 1. The number of benzene rings is 1. The first kappa shape index (κ1) is 24.3. The smallest absolute Gasteiger partial charge is 0.252 e. The van der Waals surface area contributed by atoms with E-state index in [1.54, 1.807) is 29.9 Å². The second-order valence-electron chi connectivity index (χ2n) is 8.96. The van der Waals surface area contributed by atoms with E-state index in [-0.39, 0.29) is 28.3 Å². The Morgan fingerprint density at radius 3 is 2.39 bits per heavy atom. The van der Waals surface area contributed by atoms with Crippen LogP contribution in [0, 0.1) is 5.92 Å². The summed E-state index contributed by atoms with van der Waals surface area (Å²) in [7, 11) is 1.73. The molecule has 0 radical (unpaired) electrons. The maximum atomic E-state index is 12.9. The number of piperidine rings is 1. The second-order valence-corrected chi connectivity index (χ2v) is 11.8. The van der Waals surface area contributed by atoms with Crippen LogP contribution in [0.4, 0.5) is 5.69 Å². The number of aromatic hydroxyl groups is 1.